The lowest BCUT2D eigenvalue weighted by atomic mass is 9.88. The van der Waals surface area contributed by atoms with Crippen molar-refractivity contribution in [1.29, 1.82) is 0 Å². The summed E-state index contributed by atoms with van der Waals surface area (Å²) in [6.45, 7) is 13.1. The van der Waals surface area contributed by atoms with E-state index in [4.69, 9.17) is 6.42 Å². The van der Waals surface area contributed by atoms with Crippen LogP contribution >= 0.6 is 0 Å². The van der Waals surface area contributed by atoms with Crippen LogP contribution in [0.4, 0.5) is 0 Å². The molecular formula is C34H40N2O2. The summed E-state index contributed by atoms with van der Waals surface area (Å²) < 4.78 is 0. The monoisotopic (exact) mass is 508 g/mol. The van der Waals surface area contributed by atoms with E-state index in [0.29, 0.717) is 24.1 Å². The SMILES string of the molecule is C#Cc1ccc2c(CNCCCNC(=O)C(=C)C)c3ccccc3c(CCCCCCC(=O)C(=C)C)c2c1. The van der Waals surface area contributed by atoms with E-state index in [1.54, 1.807) is 13.8 Å². The molecule has 0 saturated heterocycles. The fraction of sp³-hybridized carbons (Fsp3) is 0.353. The van der Waals surface area contributed by atoms with Crippen molar-refractivity contribution in [3.8, 4) is 12.3 Å². The normalized spacial score (nSPS) is 10.9. The highest BCUT2D eigenvalue weighted by atomic mass is 16.1. The van der Waals surface area contributed by atoms with Crippen molar-refractivity contribution in [2.75, 3.05) is 13.1 Å². The van der Waals surface area contributed by atoms with Gasteiger partial charge >= 0.3 is 0 Å². The molecule has 0 radical (unpaired) electrons. The molecule has 0 aromatic heterocycles. The van der Waals surface area contributed by atoms with Gasteiger partial charge in [-0.1, -0.05) is 62.3 Å². The number of hydrogen-bond acceptors (Lipinski definition) is 3. The van der Waals surface area contributed by atoms with Crippen LogP contribution in [0.1, 0.15) is 69.1 Å². The second kappa shape index (κ2) is 14.3. The van der Waals surface area contributed by atoms with Gasteiger partial charge in [-0.25, -0.2) is 0 Å². The molecule has 0 heterocycles. The van der Waals surface area contributed by atoms with Crippen molar-refractivity contribution < 1.29 is 9.59 Å². The first-order valence-corrected chi connectivity index (χ1v) is 13.6. The first kappa shape index (κ1) is 28.9. The number of benzene rings is 3. The Morgan fingerprint density at radius 3 is 2.18 bits per heavy atom. The summed E-state index contributed by atoms with van der Waals surface area (Å²) in [5, 5.41) is 11.4. The van der Waals surface area contributed by atoms with Gasteiger partial charge in [0.2, 0.25) is 5.91 Å². The third-order valence-electron chi connectivity index (χ3n) is 6.98. The molecule has 0 fully saturated rings. The van der Waals surface area contributed by atoms with Crippen molar-refractivity contribution in [2.24, 2.45) is 0 Å². The van der Waals surface area contributed by atoms with Gasteiger partial charge in [0, 0.05) is 30.6 Å². The van der Waals surface area contributed by atoms with Crippen molar-refractivity contribution in [3.63, 3.8) is 0 Å². The first-order valence-electron chi connectivity index (χ1n) is 13.6. The molecule has 0 bridgehead atoms. The van der Waals surface area contributed by atoms with E-state index >= 15 is 0 Å². The lowest BCUT2D eigenvalue weighted by Crippen LogP contribution is -2.27. The molecule has 0 unspecified atom stereocenters. The maximum atomic E-state index is 11.8. The number of aryl methyl sites for hydroxylation is 1. The summed E-state index contributed by atoms with van der Waals surface area (Å²) in [5.41, 5.74) is 4.68. The number of amides is 1. The number of ketones is 1. The van der Waals surface area contributed by atoms with Crippen molar-refractivity contribution in [3.05, 3.63) is 83.5 Å². The Morgan fingerprint density at radius 2 is 1.50 bits per heavy atom. The number of terminal acetylenes is 1. The van der Waals surface area contributed by atoms with E-state index in [1.165, 1.54) is 32.7 Å². The van der Waals surface area contributed by atoms with E-state index in [9.17, 15) is 9.59 Å². The zero-order valence-electron chi connectivity index (χ0n) is 22.9. The summed E-state index contributed by atoms with van der Waals surface area (Å²) in [7, 11) is 0. The molecule has 198 valence electrons. The maximum absolute atomic E-state index is 11.8. The highest BCUT2D eigenvalue weighted by Gasteiger charge is 2.14. The van der Waals surface area contributed by atoms with Gasteiger partial charge in [0.15, 0.2) is 5.78 Å². The van der Waals surface area contributed by atoms with Crippen molar-refractivity contribution in [1.82, 2.24) is 10.6 Å². The summed E-state index contributed by atoms with van der Waals surface area (Å²) in [5.74, 6) is 2.88. The fourth-order valence-corrected chi connectivity index (χ4v) is 4.84. The molecule has 2 N–H and O–H groups in total. The Balaban J connectivity index is 1.77. The molecule has 3 rings (SSSR count). The van der Waals surface area contributed by atoms with Gasteiger partial charge in [0.1, 0.15) is 0 Å². The van der Waals surface area contributed by atoms with Crippen LogP contribution in [0, 0.1) is 12.3 Å². The van der Waals surface area contributed by atoms with Gasteiger partial charge in [0.05, 0.1) is 0 Å². The topological polar surface area (TPSA) is 58.2 Å². The molecule has 0 aliphatic carbocycles. The summed E-state index contributed by atoms with van der Waals surface area (Å²) >= 11 is 0. The largest absolute Gasteiger partial charge is 0.352 e. The number of allylic oxidation sites excluding steroid dienone is 1. The Morgan fingerprint density at radius 1 is 0.816 bits per heavy atom. The van der Waals surface area contributed by atoms with E-state index in [1.807, 2.05) is 6.07 Å². The molecule has 3 aromatic rings. The Kier molecular flexibility index (Phi) is 10.9. The molecular weight excluding hydrogens is 468 g/mol. The second-order valence-corrected chi connectivity index (χ2v) is 10.1. The van der Waals surface area contributed by atoms with E-state index in [2.05, 4.69) is 66.1 Å². The van der Waals surface area contributed by atoms with Crippen LogP contribution in [0.15, 0.2) is 66.8 Å². The number of rotatable bonds is 15. The molecule has 1 amide bonds. The zero-order chi connectivity index (χ0) is 27.5. The van der Waals surface area contributed by atoms with E-state index in [0.717, 1.165) is 57.2 Å². The zero-order valence-corrected chi connectivity index (χ0v) is 22.9. The van der Waals surface area contributed by atoms with Gasteiger partial charge in [-0.15, -0.1) is 6.42 Å². The Bertz CT molecular complexity index is 1380. The molecule has 0 spiro atoms. The first-order chi connectivity index (χ1) is 18.3. The maximum Gasteiger partial charge on any atom is 0.246 e. The molecule has 0 aliphatic rings. The number of fused-ring (bicyclic) bond motifs is 2. The van der Waals surface area contributed by atoms with E-state index in [-0.39, 0.29) is 11.7 Å². The summed E-state index contributed by atoms with van der Waals surface area (Å²) in [6.07, 6.45) is 12.3. The van der Waals surface area contributed by atoms with Gasteiger partial charge in [-0.3, -0.25) is 9.59 Å². The molecule has 38 heavy (non-hydrogen) atoms. The van der Waals surface area contributed by atoms with Crippen molar-refractivity contribution in [2.45, 2.75) is 65.3 Å². The van der Waals surface area contributed by atoms with Crippen LogP contribution in [-0.2, 0) is 22.6 Å². The number of carbonyl (C=O) groups is 2. The molecule has 0 saturated carbocycles. The number of hydrogen-bond donors (Lipinski definition) is 2. The second-order valence-electron chi connectivity index (χ2n) is 10.1. The van der Waals surface area contributed by atoms with Crippen LogP contribution in [0.25, 0.3) is 21.5 Å². The molecule has 4 nitrogen and oxygen atoms in total. The number of unbranched alkanes of at least 4 members (excludes halogenated alkanes) is 3. The standard InChI is InChI=1S/C34H40N2O2/c1-6-26-18-19-30-31(22-26)28(14-9-7-8-10-17-33(37)24(2)3)27-15-11-12-16-29(27)32(30)23-35-20-13-21-36-34(38)25(4)5/h1,11-12,15-16,18-19,22,35H,2,4,7-10,13-14,17,20-21,23H2,3,5H3,(H,36,38). The smallest absolute Gasteiger partial charge is 0.246 e. The molecule has 0 aliphatic heterocycles. The predicted octanol–water partition coefficient (Wildman–Crippen LogP) is 6.78. The number of carbonyl (C=O) groups excluding carboxylic acids is 2. The van der Waals surface area contributed by atoms with Crippen LogP contribution < -0.4 is 10.6 Å². The summed E-state index contributed by atoms with van der Waals surface area (Å²) in [6, 6.07) is 15.0. The van der Waals surface area contributed by atoms with Gasteiger partial charge in [0.25, 0.3) is 0 Å². The fourth-order valence-electron chi connectivity index (χ4n) is 4.84. The highest BCUT2D eigenvalue weighted by molar-refractivity contribution is 6.06. The third-order valence-corrected chi connectivity index (χ3v) is 6.98. The van der Waals surface area contributed by atoms with Crippen LogP contribution in [0.3, 0.4) is 0 Å². The predicted molar refractivity (Wildman–Crippen MR) is 160 cm³/mol. The number of nitrogens with one attached hydrogen (secondary N) is 2. The van der Waals surface area contributed by atoms with Crippen LogP contribution in [-0.4, -0.2) is 24.8 Å². The van der Waals surface area contributed by atoms with Crippen LogP contribution in [0.5, 0.6) is 0 Å². The third kappa shape index (κ3) is 7.66. The average Bonchev–Trinajstić information content (AvgIpc) is 2.92. The minimum absolute atomic E-state index is 0.0951. The van der Waals surface area contributed by atoms with Gasteiger partial charge < -0.3 is 10.6 Å². The highest BCUT2D eigenvalue weighted by Crippen LogP contribution is 2.34. The van der Waals surface area contributed by atoms with Gasteiger partial charge in [-0.05, 0) is 96.5 Å². The van der Waals surface area contributed by atoms with Crippen LogP contribution in [0.2, 0.25) is 0 Å². The lowest BCUT2D eigenvalue weighted by molar-refractivity contribution is -0.117. The minimum atomic E-state index is -0.0951. The lowest BCUT2D eigenvalue weighted by Gasteiger charge is -2.18. The molecule has 4 heteroatoms. The Labute approximate surface area is 227 Å². The Hall–Kier alpha value is -3.68. The quantitative estimate of drug-likeness (QED) is 0.103. The minimum Gasteiger partial charge on any atom is -0.352 e. The molecule has 0 atom stereocenters. The number of Topliss-reactive ketones (excluding diaryl/α,β-unsaturated/α-hetero) is 1. The summed E-state index contributed by atoms with van der Waals surface area (Å²) in [4.78, 5) is 23.5. The van der Waals surface area contributed by atoms with Crippen molar-refractivity contribution >= 4 is 33.2 Å². The van der Waals surface area contributed by atoms with Gasteiger partial charge in [-0.2, -0.15) is 0 Å². The average molecular weight is 509 g/mol. The molecule has 3 aromatic carbocycles. The van der Waals surface area contributed by atoms with E-state index < -0.39 is 0 Å².